The molecule has 0 aromatic rings. The monoisotopic (exact) mass is 514 g/mol. The number of ketones is 1. The van der Waals surface area contributed by atoms with Crippen LogP contribution in [0.25, 0.3) is 0 Å². The molecule has 1 aliphatic heterocycles. The second-order valence-electron chi connectivity index (χ2n) is 15.2. The van der Waals surface area contributed by atoms with Crippen LogP contribution in [0.4, 0.5) is 0 Å². The van der Waals surface area contributed by atoms with Gasteiger partial charge in [0.25, 0.3) is 0 Å². The summed E-state index contributed by atoms with van der Waals surface area (Å²) in [5, 5.41) is 10.9. The van der Waals surface area contributed by atoms with Gasteiger partial charge in [-0.05, 0) is 80.5 Å². The van der Waals surface area contributed by atoms with Crippen LogP contribution in [-0.2, 0) is 19.1 Å². The van der Waals surface area contributed by atoms with Crippen LogP contribution >= 0.6 is 0 Å². The highest BCUT2D eigenvalue weighted by Crippen LogP contribution is 2.74. The Hall–Kier alpha value is -1.20. The molecule has 37 heavy (non-hydrogen) atoms. The van der Waals surface area contributed by atoms with Crippen molar-refractivity contribution < 1.29 is 24.2 Å². The SMILES string of the molecule is CC(=O)O[C@H]1CC2=C([C@H](C)C[C@H](O)[C@H]3OC3(C)C)CC[C@]2(C)[C@@]2(C)CC[C@H]3C(C)(C)C(=O)CC[C@]3(C)[C@H]12. The van der Waals surface area contributed by atoms with Crippen molar-refractivity contribution in [1.29, 1.82) is 0 Å². The number of aliphatic hydroxyl groups is 1. The van der Waals surface area contributed by atoms with E-state index >= 15 is 0 Å². The number of fused-ring (bicyclic) bond motifs is 5. The summed E-state index contributed by atoms with van der Waals surface area (Å²) in [6.07, 6.45) is 6.57. The lowest BCUT2D eigenvalue weighted by molar-refractivity contribution is -0.217. The fraction of sp³-hybridized carbons (Fsp3) is 0.875. The van der Waals surface area contributed by atoms with Crippen molar-refractivity contribution in [2.45, 2.75) is 138 Å². The lowest BCUT2D eigenvalue weighted by Crippen LogP contribution is -2.66. The van der Waals surface area contributed by atoms with E-state index in [-0.39, 0.29) is 57.3 Å². The molecule has 1 saturated heterocycles. The van der Waals surface area contributed by atoms with Gasteiger partial charge in [-0.2, -0.15) is 0 Å². The minimum Gasteiger partial charge on any atom is -0.462 e. The zero-order valence-electron chi connectivity index (χ0n) is 24.7. The lowest BCUT2D eigenvalue weighted by atomic mass is 9.36. The van der Waals surface area contributed by atoms with Crippen LogP contribution in [0.2, 0.25) is 0 Å². The maximum Gasteiger partial charge on any atom is 0.302 e. The van der Waals surface area contributed by atoms with E-state index in [0.29, 0.717) is 24.5 Å². The van der Waals surface area contributed by atoms with Gasteiger partial charge in [-0.1, -0.05) is 52.7 Å². The van der Waals surface area contributed by atoms with E-state index in [1.165, 1.54) is 11.1 Å². The third-order valence-corrected chi connectivity index (χ3v) is 12.5. The molecule has 208 valence electrons. The maximum absolute atomic E-state index is 13.0. The first-order valence-electron chi connectivity index (χ1n) is 14.8. The molecule has 0 spiro atoms. The first kappa shape index (κ1) is 27.4. The molecule has 0 aromatic heterocycles. The van der Waals surface area contributed by atoms with E-state index < -0.39 is 6.10 Å². The van der Waals surface area contributed by atoms with E-state index in [1.54, 1.807) is 6.92 Å². The molecule has 5 heteroatoms. The minimum absolute atomic E-state index is 0.00982. The summed E-state index contributed by atoms with van der Waals surface area (Å²) < 4.78 is 12.0. The average molecular weight is 515 g/mol. The fourth-order valence-electron chi connectivity index (χ4n) is 10.4. The molecule has 5 aliphatic rings. The number of ether oxygens (including phenoxy) is 2. The fourth-order valence-corrected chi connectivity index (χ4v) is 10.4. The molecule has 3 saturated carbocycles. The molecular formula is C32H50O5. The molecule has 4 fully saturated rings. The summed E-state index contributed by atoms with van der Waals surface area (Å²) >= 11 is 0. The topological polar surface area (TPSA) is 76.1 Å². The normalized spacial score (nSPS) is 45.4. The molecule has 4 aliphatic carbocycles. The molecule has 1 N–H and O–H groups in total. The Labute approximate surface area is 224 Å². The third kappa shape index (κ3) is 3.84. The molecule has 0 bridgehead atoms. The van der Waals surface area contributed by atoms with Gasteiger partial charge in [0, 0.05) is 31.1 Å². The average Bonchev–Trinajstić information content (AvgIpc) is 3.27. The Balaban J connectivity index is 1.53. The summed E-state index contributed by atoms with van der Waals surface area (Å²) in [5.41, 5.74) is 2.39. The Morgan fingerprint density at radius 1 is 1.08 bits per heavy atom. The second-order valence-corrected chi connectivity index (χ2v) is 15.2. The van der Waals surface area contributed by atoms with E-state index in [2.05, 4.69) is 41.5 Å². The number of hydrogen-bond acceptors (Lipinski definition) is 5. The highest BCUT2D eigenvalue weighted by atomic mass is 16.6. The summed E-state index contributed by atoms with van der Waals surface area (Å²) in [7, 11) is 0. The second kappa shape index (κ2) is 8.40. The highest BCUT2D eigenvalue weighted by Gasteiger charge is 2.70. The van der Waals surface area contributed by atoms with Gasteiger partial charge >= 0.3 is 5.97 Å². The number of esters is 1. The number of aliphatic hydroxyl groups excluding tert-OH is 1. The van der Waals surface area contributed by atoms with E-state index in [9.17, 15) is 14.7 Å². The summed E-state index contributed by atoms with van der Waals surface area (Å²) in [5.74, 6) is 0.990. The number of carbonyl (C=O) groups excluding carboxylic acids is 2. The number of rotatable bonds is 5. The van der Waals surface area contributed by atoms with Crippen molar-refractivity contribution in [3.63, 3.8) is 0 Å². The van der Waals surface area contributed by atoms with E-state index in [1.807, 2.05) is 13.8 Å². The van der Waals surface area contributed by atoms with E-state index in [0.717, 1.165) is 38.5 Å². The summed E-state index contributed by atoms with van der Waals surface area (Å²) in [6, 6.07) is 0. The van der Waals surface area contributed by atoms with Gasteiger partial charge in [-0.25, -0.2) is 0 Å². The molecule has 0 radical (unpaired) electrons. The molecule has 9 atom stereocenters. The van der Waals surface area contributed by atoms with Crippen molar-refractivity contribution in [3.8, 4) is 0 Å². The van der Waals surface area contributed by atoms with Crippen molar-refractivity contribution in [3.05, 3.63) is 11.1 Å². The Morgan fingerprint density at radius 3 is 2.32 bits per heavy atom. The zero-order chi connectivity index (χ0) is 27.3. The number of allylic oxidation sites excluding steroid dienone is 1. The molecule has 0 unspecified atom stereocenters. The van der Waals surface area contributed by atoms with Crippen LogP contribution in [0.5, 0.6) is 0 Å². The largest absolute Gasteiger partial charge is 0.462 e. The van der Waals surface area contributed by atoms with Gasteiger partial charge in [0.2, 0.25) is 0 Å². The van der Waals surface area contributed by atoms with Gasteiger partial charge in [-0.15, -0.1) is 0 Å². The van der Waals surface area contributed by atoms with Crippen LogP contribution in [0.3, 0.4) is 0 Å². The number of epoxide rings is 1. The third-order valence-electron chi connectivity index (χ3n) is 12.5. The molecule has 0 aromatic carbocycles. The number of carbonyl (C=O) groups is 2. The summed E-state index contributed by atoms with van der Waals surface area (Å²) in [6.45, 7) is 19.6. The van der Waals surface area contributed by atoms with Gasteiger partial charge in [0.05, 0.1) is 11.7 Å². The van der Waals surface area contributed by atoms with Crippen LogP contribution in [0.15, 0.2) is 11.1 Å². The van der Waals surface area contributed by atoms with Crippen molar-refractivity contribution in [2.75, 3.05) is 0 Å². The van der Waals surface area contributed by atoms with E-state index in [4.69, 9.17) is 9.47 Å². The molecule has 5 rings (SSSR count). The first-order chi connectivity index (χ1) is 17.0. The number of Topliss-reactive ketones (excluding diaryl/α,β-unsaturated/α-hetero) is 1. The molecule has 5 nitrogen and oxygen atoms in total. The highest BCUT2D eigenvalue weighted by molar-refractivity contribution is 5.85. The van der Waals surface area contributed by atoms with Crippen LogP contribution in [-0.4, -0.2) is 40.8 Å². The first-order valence-corrected chi connectivity index (χ1v) is 14.8. The smallest absolute Gasteiger partial charge is 0.302 e. The van der Waals surface area contributed by atoms with Crippen LogP contribution < -0.4 is 0 Å². The van der Waals surface area contributed by atoms with Gasteiger partial charge in [0.1, 0.15) is 18.0 Å². The molecular weight excluding hydrogens is 464 g/mol. The number of hydrogen-bond donors (Lipinski definition) is 1. The maximum atomic E-state index is 13.0. The standard InChI is InChI=1S/C32H50O5/c1-18(16-22(34)27-29(5,6)37-27)20-10-14-31(8)21(20)17-23(36-19(2)33)26-30(7)13-12-25(35)28(3,4)24(30)11-15-32(26,31)9/h18,22-24,26-27,34H,10-17H2,1-9H3/t18-,22+,23+,24+,26+,27-,30+,31+,32+/m1/s1. The van der Waals surface area contributed by atoms with Crippen molar-refractivity contribution in [2.24, 2.45) is 39.4 Å². The lowest BCUT2D eigenvalue weighted by Gasteiger charge is -2.69. The van der Waals surface area contributed by atoms with Crippen molar-refractivity contribution in [1.82, 2.24) is 0 Å². The predicted molar refractivity (Wildman–Crippen MR) is 144 cm³/mol. The minimum atomic E-state index is -0.461. The Morgan fingerprint density at radius 2 is 1.73 bits per heavy atom. The van der Waals surface area contributed by atoms with Gasteiger partial charge in [0.15, 0.2) is 0 Å². The Kier molecular flexibility index (Phi) is 6.21. The summed E-state index contributed by atoms with van der Waals surface area (Å²) in [4.78, 5) is 25.5. The van der Waals surface area contributed by atoms with Crippen LogP contribution in [0, 0.1) is 39.4 Å². The quantitative estimate of drug-likeness (QED) is 0.261. The van der Waals surface area contributed by atoms with Gasteiger partial charge in [-0.3, -0.25) is 9.59 Å². The predicted octanol–water partition coefficient (Wildman–Crippen LogP) is 6.41. The Bertz CT molecular complexity index is 1020. The van der Waals surface area contributed by atoms with Crippen molar-refractivity contribution >= 4 is 11.8 Å². The van der Waals surface area contributed by atoms with Crippen LogP contribution in [0.1, 0.15) is 114 Å². The van der Waals surface area contributed by atoms with Gasteiger partial charge < -0.3 is 14.6 Å². The molecule has 0 amide bonds. The molecule has 1 heterocycles. The zero-order valence-corrected chi connectivity index (χ0v) is 24.7.